The number of primary amides is 1. The number of amides is 2. The van der Waals surface area contributed by atoms with Crippen molar-refractivity contribution in [2.75, 3.05) is 5.32 Å². The number of carbonyl (C=O) groups is 2. The van der Waals surface area contributed by atoms with Gasteiger partial charge in [0.1, 0.15) is 0 Å². The number of hydrogen-bond acceptors (Lipinski definition) is 5. The Labute approximate surface area is 211 Å². The highest BCUT2D eigenvalue weighted by molar-refractivity contribution is 7.89. The standard InChI is InChI=1S/C25H20ClN5O4S/c26-21-7-2-1-6-18(21)25(33)29-15-10-8-14-9-11-19-22(24(27)32)30-31(23(19)20(14)12-15)16-4-3-5-17(13-16)36(28,34)35/h1-8,10,12-13H,9,11H2,(H2,27,32)(H,29,33)(H2,28,34,35). The molecule has 0 spiro atoms. The van der Waals surface area contributed by atoms with E-state index < -0.39 is 15.9 Å². The molecular weight excluding hydrogens is 502 g/mol. The fourth-order valence-corrected chi connectivity index (χ4v) is 5.11. The van der Waals surface area contributed by atoms with Crippen molar-refractivity contribution in [1.82, 2.24) is 9.78 Å². The summed E-state index contributed by atoms with van der Waals surface area (Å²) in [6, 6.07) is 18.1. The molecule has 0 saturated heterocycles. The highest BCUT2D eigenvalue weighted by Gasteiger charge is 2.29. The number of nitrogens with one attached hydrogen (secondary N) is 1. The molecule has 9 nitrogen and oxygen atoms in total. The molecule has 4 aromatic rings. The zero-order valence-corrected chi connectivity index (χ0v) is 20.3. The van der Waals surface area contributed by atoms with Gasteiger partial charge in [0.2, 0.25) is 10.0 Å². The summed E-state index contributed by atoms with van der Waals surface area (Å²) in [5, 5.41) is 12.9. The van der Waals surface area contributed by atoms with E-state index >= 15 is 0 Å². The first-order valence-electron chi connectivity index (χ1n) is 10.9. The van der Waals surface area contributed by atoms with Crippen molar-refractivity contribution >= 4 is 39.1 Å². The third-order valence-electron chi connectivity index (χ3n) is 5.99. The lowest BCUT2D eigenvalue weighted by Gasteiger charge is -2.20. The summed E-state index contributed by atoms with van der Waals surface area (Å²) in [6.45, 7) is 0. The molecule has 1 aliphatic rings. The van der Waals surface area contributed by atoms with Gasteiger partial charge in [0.05, 0.1) is 26.9 Å². The Morgan fingerprint density at radius 3 is 2.50 bits per heavy atom. The van der Waals surface area contributed by atoms with E-state index in [-0.39, 0.29) is 16.5 Å². The second-order valence-electron chi connectivity index (χ2n) is 8.30. The lowest BCUT2D eigenvalue weighted by atomic mass is 9.88. The van der Waals surface area contributed by atoms with Gasteiger partial charge in [-0.25, -0.2) is 18.2 Å². The zero-order valence-electron chi connectivity index (χ0n) is 18.7. The molecular formula is C25H20ClN5O4S. The number of sulfonamides is 1. The first-order valence-corrected chi connectivity index (χ1v) is 12.8. The van der Waals surface area contributed by atoms with Crippen molar-refractivity contribution in [3.8, 4) is 16.9 Å². The Morgan fingerprint density at radius 1 is 1.00 bits per heavy atom. The molecule has 2 amide bonds. The van der Waals surface area contributed by atoms with Gasteiger partial charge < -0.3 is 11.1 Å². The monoisotopic (exact) mass is 521 g/mol. The third kappa shape index (κ3) is 4.26. The maximum Gasteiger partial charge on any atom is 0.269 e. The van der Waals surface area contributed by atoms with Crippen LogP contribution in [0.5, 0.6) is 0 Å². The first-order chi connectivity index (χ1) is 17.1. The van der Waals surface area contributed by atoms with Crippen LogP contribution in [0.2, 0.25) is 5.02 Å². The summed E-state index contributed by atoms with van der Waals surface area (Å²) in [5.41, 5.74) is 9.89. The molecule has 182 valence electrons. The van der Waals surface area contributed by atoms with Crippen LogP contribution >= 0.6 is 11.6 Å². The van der Waals surface area contributed by atoms with Gasteiger partial charge in [0.25, 0.3) is 11.8 Å². The van der Waals surface area contributed by atoms with Gasteiger partial charge in [-0.1, -0.05) is 35.9 Å². The number of nitrogens with zero attached hydrogens (tertiary/aromatic N) is 2. The maximum atomic E-state index is 12.8. The van der Waals surface area contributed by atoms with Gasteiger partial charge >= 0.3 is 0 Å². The molecule has 0 bridgehead atoms. The van der Waals surface area contributed by atoms with Gasteiger partial charge in [-0.05, 0) is 60.9 Å². The average molecular weight is 522 g/mol. The first kappa shape index (κ1) is 23.7. The van der Waals surface area contributed by atoms with Crippen LogP contribution in [0.4, 0.5) is 5.69 Å². The number of nitrogens with two attached hydrogens (primary N) is 2. The Hall–Kier alpha value is -3.99. The Morgan fingerprint density at radius 2 is 1.78 bits per heavy atom. The number of aromatic nitrogens is 2. The summed E-state index contributed by atoms with van der Waals surface area (Å²) >= 11 is 6.17. The van der Waals surface area contributed by atoms with Crippen LogP contribution in [-0.2, 0) is 22.9 Å². The van der Waals surface area contributed by atoms with Crippen LogP contribution in [0.15, 0.2) is 71.6 Å². The fourth-order valence-electron chi connectivity index (χ4n) is 4.34. The van der Waals surface area contributed by atoms with Gasteiger partial charge in [-0.2, -0.15) is 5.10 Å². The minimum atomic E-state index is -3.97. The SMILES string of the molecule is NC(=O)c1nn(-c2cccc(S(N)(=O)=O)c2)c2c1CCc1ccc(NC(=O)c3ccccc3Cl)cc1-2. The van der Waals surface area contributed by atoms with Crippen LogP contribution in [0, 0.1) is 0 Å². The van der Waals surface area contributed by atoms with Crippen LogP contribution in [-0.4, -0.2) is 30.0 Å². The van der Waals surface area contributed by atoms with E-state index in [0.717, 1.165) is 11.1 Å². The Balaban J connectivity index is 1.64. The van der Waals surface area contributed by atoms with Crippen molar-refractivity contribution in [2.24, 2.45) is 10.9 Å². The molecule has 1 heterocycles. The Kier molecular flexibility index (Phi) is 5.87. The summed E-state index contributed by atoms with van der Waals surface area (Å²) in [7, 11) is -3.97. The predicted octanol–water partition coefficient (Wildman–Crippen LogP) is 3.29. The van der Waals surface area contributed by atoms with E-state index in [4.69, 9.17) is 22.5 Å². The molecule has 0 aliphatic heterocycles. The largest absolute Gasteiger partial charge is 0.364 e. The number of primary sulfonamides is 1. The molecule has 3 aromatic carbocycles. The summed E-state index contributed by atoms with van der Waals surface area (Å²) in [5.74, 6) is -1.07. The minimum Gasteiger partial charge on any atom is -0.364 e. The van der Waals surface area contributed by atoms with Crippen LogP contribution in [0.25, 0.3) is 16.9 Å². The number of fused-ring (bicyclic) bond motifs is 3. The number of benzene rings is 3. The van der Waals surface area contributed by atoms with E-state index in [1.165, 1.54) is 22.9 Å². The summed E-state index contributed by atoms with van der Waals surface area (Å²) in [4.78, 5) is 24.9. The van der Waals surface area contributed by atoms with Crippen LogP contribution in [0.3, 0.4) is 0 Å². The number of anilines is 1. The maximum absolute atomic E-state index is 12.8. The minimum absolute atomic E-state index is 0.0957. The smallest absolute Gasteiger partial charge is 0.269 e. The molecule has 0 unspecified atom stereocenters. The van der Waals surface area contributed by atoms with E-state index in [9.17, 15) is 18.0 Å². The lowest BCUT2D eigenvalue weighted by Crippen LogP contribution is -2.15. The van der Waals surface area contributed by atoms with Gasteiger partial charge in [-0.15, -0.1) is 0 Å². The van der Waals surface area contributed by atoms with Crippen molar-refractivity contribution in [3.05, 3.63) is 94.1 Å². The highest BCUT2D eigenvalue weighted by atomic mass is 35.5. The molecule has 0 fully saturated rings. The third-order valence-corrected chi connectivity index (χ3v) is 7.23. The molecule has 5 N–H and O–H groups in total. The Bertz CT molecular complexity index is 1660. The number of hydrogen-bond donors (Lipinski definition) is 3. The fraction of sp³-hybridized carbons (Fsp3) is 0.0800. The highest BCUT2D eigenvalue weighted by Crippen LogP contribution is 2.38. The molecule has 0 saturated carbocycles. The van der Waals surface area contributed by atoms with Crippen LogP contribution < -0.4 is 16.2 Å². The van der Waals surface area contributed by atoms with E-state index in [1.54, 1.807) is 42.5 Å². The topological polar surface area (TPSA) is 150 Å². The molecule has 5 rings (SSSR count). The van der Waals surface area contributed by atoms with Crippen LogP contribution in [0.1, 0.15) is 32.0 Å². The summed E-state index contributed by atoms with van der Waals surface area (Å²) < 4.78 is 25.3. The molecule has 1 aromatic heterocycles. The molecule has 36 heavy (non-hydrogen) atoms. The van der Waals surface area contributed by atoms with E-state index in [0.29, 0.717) is 46.1 Å². The second kappa shape index (κ2) is 8.90. The summed E-state index contributed by atoms with van der Waals surface area (Å²) in [6.07, 6.45) is 1.14. The molecule has 1 aliphatic carbocycles. The van der Waals surface area contributed by atoms with Crippen molar-refractivity contribution in [2.45, 2.75) is 17.7 Å². The molecule has 0 atom stereocenters. The van der Waals surface area contributed by atoms with E-state index in [1.807, 2.05) is 6.07 Å². The number of rotatable bonds is 5. The lowest BCUT2D eigenvalue weighted by molar-refractivity contribution is 0.0992. The van der Waals surface area contributed by atoms with E-state index in [2.05, 4.69) is 10.4 Å². The van der Waals surface area contributed by atoms with Crippen molar-refractivity contribution in [3.63, 3.8) is 0 Å². The van der Waals surface area contributed by atoms with Gasteiger partial charge in [-0.3, -0.25) is 9.59 Å². The predicted molar refractivity (Wildman–Crippen MR) is 136 cm³/mol. The number of halogens is 1. The normalized spacial score (nSPS) is 12.5. The molecule has 0 radical (unpaired) electrons. The van der Waals surface area contributed by atoms with Crippen molar-refractivity contribution < 1.29 is 18.0 Å². The van der Waals surface area contributed by atoms with Crippen molar-refractivity contribution in [1.29, 1.82) is 0 Å². The quantitative estimate of drug-likeness (QED) is 0.368. The van der Waals surface area contributed by atoms with Gasteiger partial charge in [0, 0.05) is 16.8 Å². The number of aryl methyl sites for hydroxylation is 1. The second-order valence-corrected chi connectivity index (χ2v) is 10.3. The zero-order chi connectivity index (χ0) is 25.6. The molecule has 11 heteroatoms. The average Bonchev–Trinajstić information content (AvgIpc) is 3.24. The van der Waals surface area contributed by atoms with Gasteiger partial charge in [0.15, 0.2) is 5.69 Å². The number of carbonyl (C=O) groups excluding carboxylic acids is 2.